The van der Waals surface area contributed by atoms with Crippen LogP contribution in [0.5, 0.6) is 5.75 Å². The van der Waals surface area contributed by atoms with E-state index < -0.39 is 5.97 Å². The van der Waals surface area contributed by atoms with Gasteiger partial charge in [-0.3, -0.25) is 4.79 Å². The zero-order chi connectivity index (χ0) is 9.68. The highest BCUT2D eigenvalue weighted by molar-refractivity contribution is 5.70. The molecular weight excluding hydrogens is 168 g/mol. The molecule has 1 aromatic rings. The van der Waals surface area contributed by atoms with Crippen molar-refractivity contribution < 1.29 is 15.0 Å². The minimum Gasteiger partial charge on any atom is -0.508 e. The highest BCUT2D eigenvalue weighted by atomic mass is 16.4. The van der Waals surface area contributed by atoms with Gasteiger partial charge in [0.25, 0.3) is 0 Å². The number of carbonyl (C=O) groups is 1. The standard InChI is InChI=1S/C10H10O3/c11-9-5-1-3-8(7-9)4-2-6-10(12)13/h1-5,7,11H,6H2,(H,12,13). The third kappa shape index (κ3) is 3.42. The largest absolute Gasteiger partial charge is 0.508 e. The van der Waals surface area contributed by atoms with Gasteiger partial charge in [-0.25, -0.2) is 0 Å². The summed E-state index contributed by atoms with van der Waals surface area (Å²) in [5, 5.41) is 17.4. The van der Waals surface area contributed by atoms with Crippen molar-refractivity contribution in [3.63, 3.8) is 0 Å². The number of aromatic hydroxyl groups is 1. The minimum absolute atomic E-state index is 0.00431. The van der Waals surface area contributed by atoms with Crippen molar-refractivity contribution in [2.24, 2.45) is 0 Å². The van der Waals surface area contributed by atoms with Crippen molar-refractivity contribution in [3.8, 4) is 5.75 Å². The summed E-state index contributed by atoms with van der Waals surface area (Å²) in [6, 6.07) is 6.63. The monoisotopic (exact) mass is 178 g/mol. The molecular formula is C10H10O3. The number of hydrogen-bond donors (Lipinski definition) is 2. The molecule has 0 spiro atoms. The molecule has 1 aromatic carbocycles. The van der Waals surface area contributed by atoms with Crippen molar-refractivity contribution in [1.29, 1.82) is 0 Å². The summed E-state index contributed by atoms with van der Waals surface area (Å²) in [4.78, 5) is 10.2. The van der Waals surface area contributed by atoms with Crippen LogP contribution in [0.3, 0.4) is 0 Å². The van der Waals surface area contributed by atoms with E-state index >= 15 is 0 Å². The smallest absolute Gasteiger partial charge is 0.307 e. The van der Waals surface area contributed by atoms with E-state index in [1.165, 1.54) is 6.08 Å². The first-order chi connectivity index (χ1) is 6.18. The highest BCUT2D eigenvalue weighted by Gasteiger charge is 1.91. The van der Waals surface area contributed by atoms with E-state index in [2.05, 4.69) is 0 Å². The molecule has 13 heavy (non-hydrogen) atoms. The summed E-state index contributed by atoms with van der Waals surface area (Å²) in [7, 11) is 0. The average molecular weight is 178 g/mol. The lowest BCUT2D eigenvalue weighted by Gasteiger charge is -1.93. The molecule has 3 heteroatoms. The first-order valence-electron chi connectivity index (χ1n) is 3.86. The zero-order valence-corrected chi connectivity index (χ0v) is 6.97. The Labute approximate surface area is 76.0 Å². The van der Waals surface area contributed by atoms with Gasteiger partial charge in [-0.15, -0.1) is 0 Å². The second-order valence-corrected chi connectivity index (χ2v) is 2.60. The first kappa shape index (κ1) is 9.32. The summed E-state index contributed by atoms with van der Waals surface area (Å²) >= 11 is 0. The van der Waals surface area contributed by atoms with Gasteiger partial charge in [-0.05, 0) is 17.7 Å². The number of carboxylic acid groups (broad SMARTS) is 1. The molecule has 0 aliphatic carbocycles. The Bertz CT molecular complexity index is 329. The van der Waals surface area contributed by atoms with Gasteiger partial charge in [0, 0.05) is 0 Å². The van der Waals surface area contributed by atoms with E-state index in [-0.39, 0.29) is 12.2 Å². The molecule has 0 bridgehead atoms. The molecule has 0 saturated carbocycles. The molecule has 0 aromatic heterocycles. The van der Waals surface area contributed by atoms with Crippen LogP contribution in [0, 0.1) is 0 Å². The van der Waals surface area contributed by atoms with E-state index in [4.69, 9.17) is 10.2 Å². The van der Waals surface area contributed by atoms with E-state index in [1.54, 1.807) is 30.3 Å². The number of phenolic OH excluding ortho intramolecular Hbond substituents is 1. The second-order valence-electron chi connectivity index (χ2n) is 2.60. The summed E-state index contributed by atoms with van der Waals surface area (Å²) in [6.07, 6.45) is 3.20. The van der Waals surface area contributed by atoms with Gasteiger partial charge in [0.2, 0.25) is 0 Å². The minimum atomic E-state index is -0.864. The second kappa shape index (κ2) is 4.30. The summed E-state index contributed by atoms with van der Waals surface area (Å²) in [5.74, 6) is -0.686. The Kier molecular flexibility index (Phi) is 3.09. The van der Waals surface area contributed by atoms with Crippen LogP contribution in [0.2, 0.25) is 0 Å². The predicted molar refractivity (Wildman–Crippen MR) is 49.4 cm³/mol. The highest BCUT2D eigenvalue weighted by Crippen LogP contribution is 2.12. The van der Waals surface area contributed by atoms with Crippen molar-refractivity contribution in [2.75, 3.05) is 0 Å². The summed E-state index contributed by atoms with van der Waals surface area (Å²) < 4.78 is 0. The van der Waals surface area contributed by atoms with Gasteiger partial charge in [-0.1, -0.05) is 24.3 Å². The lowest BCUT2D eigenvalue weighted by atomic mass is 10.2. The molecule has 0 unspecified atom stereocenters. The van der Waals surface area contributed by atoms with Crippen LogP contribution in [0.1, 0.15) is 12.0 Å². The van der Waals surface area contributed by atoms with Gasteiger partial charge in [0.1, 0.15) is 5.75 Å². The maximum Gasteiger partial charge on any atom is 0.307 e. The first-order valence-corrected chi connectivity index (χ1v) is 3.86. The predicted octanol–water partition coefficient (Wildman–Crippen LogP) is 1.88. The van der Waals surface area contributed by atoms with Crippen LogP contribution >= 0.6 is 0 Å². The molecule has 0 fully saturated rings. The Morgan fingerprint density at radius 3 is 2.85 bits per heavy atom. The van der Waals surface area contributed by atoms with E-state index in [0.29, 0.717) is 0 Å². The Balaban J connectivity index is 2.63. The lowest BCUT2D eigenvalue weighted by molar-refractivity contribution is -0.135. The third-order valence-corrected chi connectivity index (χ3v) is 1.47. The molecule has 68 valence electrons. The van der Waals surface area contributed by atoms with Gasteiger partial charge >= 0.3 is 5.97 Å². The Morgan fingerprint density at radius 1 is 1.46 bits per heavy atom. The number of benzene rings is 1. The Hall–Kier alpha value is -1.77. The molecule has 0 saturated heterocycles. The normalized spacial score (nSPS) is 10.5. The van der Waals surface area contributed by atoms with Gasteiger partial charge in [0.05, 0.1) is 6.42 Å². The molecule has 3 nitrogen and oxygen atoms in total. The molecule has 0 amide bonds. The fourth-order valence-corrected chi connectivity index (χ4v) is 0.924. The molecule has 0 heterocycles. The van der Waals surface area contributed by atoms with Crippen molar-refractivity contribution in [1.82, 2.24) is 0 Å². The average Bonchev–Trinajstić information content (AvgIpc) is 2.03. The van der Waals surface area contributed by atoms with Crippen LogP contribution in [0.25, 0.3) is 6.08 Å². The number of carboxylic acids is 1. The van der Waals surface area contributed by atoms with E-state index in [9.17, 15) is 4.79 Å². The summed E-state index contributed by atoms with van der Waals surface area (Å²) in [6.45, 7) is 0. The number of rotatable bonds is 3. The molecule has 0 atom stereocenters. The molecule has 0 aliphatic heterocycles. The van der Waals surface area contributed by atoms with Gasteiger partial charge < -0.3 is 10.2 Å². The third-order valence-electron chi connectivity index (χ3n) is 1.47. The van der Waals surface area contributed by atoms with Crippen LogP contribution in [0.4, 0.5) is 0 Å². The quantitative estimate of drug-likeness (QED) is 0.742. The molecule has 1 rings (SSSR count). The fraction of sp³-hybridized carbons (Fsp3) is 0.100. The summed E-state index contributed by atoms with van der Waals surface area (Å²) in [5.41, 5.74) is 0.793. The SMILES string of the molecule is O=C(O)CC=Cc1cccc(O)c1. The number of phenols is 1. The van der Waals surface area contributed by atoms with Gasteiger partial charge in [-0.2, -0.15) is 0 Å². The lowest BCUT2D eigenvalue weighted by Crippen LogP contribution is -1.89. The van der Waals surface area contributed by atoms with E-state index in [1.807, 2.05) is 0 Å². The topological polar surface area (TPSA) is 57.5 Å². The van der Waals surface area contributed by atoms with Gasteiger partial charge in [0.15, 0.2) is 0 Å². The van der Waals surface area contributed by atoms with Crippen LogP contribution in [-0.2, 0) is 4.79 Å². The zero-order valence-electron chi connectivity index (χ0n) is 6.97. The molecule has 0 radical (unpaired) electrons. The van der Waals surface area contributed by atoms with Crippen molar-refractivity contribution in [3.05, 3.63) is 35.9 Å². The fourth-order valence-electron chi connectivity index (χ4n) is 0.924. The maximum atomic E-state index is 10.2. The molecule has 0 aliphatic rings. The van der Waals surface area contributed by atoms with Crippen LogP contribution in [-0.4, -0.2) is 16.2 Å². The van der Waals surface area contributed by atoms with Crippen LogP contribution < -0.4 is 0 Å². The van der Waals surface area contributed by atoms with Crippen molar-refractivity contribution >= 4 is 12.0 Å². The van der Waals surface area contributed by atoms with Crippen molar-refractivity contribution in [2.45, 2.75) is 6.42 Å². The number of aliphatic carboxylic acids is 1. The maximum absolute atomic E-state index is 10.2. The number of hydrogen-bond acceptors (Lipinski definition) is 2. The van der Waals surface area contributed by atoms with Crippen LogP contribution in [0.15, 0.2) is 30.3 Å². The molecule has 2 N–H and O–H groups in total. The van der Waals surface area contributed by atoms with E-state index in [0.717, 1.165) is 5.56 Å². The Morgan fingerprint density at radius 2 is 2.23 bits per heavy atom.